The van der Waals surface area contributed by atoms with Crippen LogP contribution in [0.5, 0.6) is 0 Å². The molecule has 0 unspecified atom stereocenters. The summed E-state index contributed by atoms with van der Waals surface area (Å²) in [5.74, 6) is 0.687. The molecule has 6 aromatic rings. The summed E-state index contributed by atoms with van der Waals surface area (Å²) in [6, 6.07) is 54.7. The Morgan fingerprint density at radius 2 is 0.800 bits per heavy atom. The summed E-state index contributed by atoms with van der Waals surface area (Å²) in [4.78, 5) is 5.00. The lowest BCUT2D eigenvalue weighted by Crippen LogP contribution is -2.35. The van der Waals surface area contributed by atoms with E-state index in [9.17, 15) is 0 Å². The summed E-state index contributed by atoms with van der Waals surface area (Å²) in [6.07, 6.45) is 0. The quantitative estimate of drug-likeness (QED) is 0.226. The molecule has 1 radical (unpaired) electrons. The van der Waals surface area contributed by atoms with E-state index >= 15 is 0 Å². The highest BCUT2D eigenvalue weighted by atomic mass is 15.5. The summed E-state index contributed by atoms with van der Waals surface area (Å²) >= 11 is 0. The van der Waals surface area contributed by atoms with Crippen LogP contribution in [0.4, 0.5) is 17.1 Å². The monoisotopic (exact) mass is 512 g/mol. The van der Waals surface area contributed by atoms with E-state index < -0.39 is 0 Å². The topological polar surface area (TPSA) is 29.7 Å². The highest BCUT2D eigenvalue weighted by Crippen LogP contribution is 2.40. The first-order valence-electron chi connectivity index (χ1n) is 13.4. The Morgan fingerprint density at radius 1 is 0.375 bits per heavy atom. The smallest absolute Gasteiger partial charge is 0.180 e. The highest BCUT2D eigenvalue weighted by Gasteiger charge is 2.24. The maximum Gasteiger partial charge on any atom is 0.180 e. The van der Waals surface area contributed by atoms with Gasteiger partial charge in [0.05, 0.1) is 17.1 Å². The van der Waals surface area contributed by atoms with E-state index in [1.165, 1.54) is 22.3 Å². The van der Waals surface area contributed by atoms with Gasteiger partial charge in [0.2, 0.25) is 0 Å². The standard InChI is InChI=1S/C37H26N3/c1-4-10-27(11-5-1)30-16-18-32(19-17-30)37-38-35-25-22-33(29-14-8-3-9-15-29)26-36(35)40(39-37)34-23-20-31(21-24-34)28-12-6-2-7-13-28/h1-26H. The molecular weight excluding hydrogens is 486 g/mol. The second-order valence-corrected chi connectivity index (χ2v) is 9.77. The van der Waals surface area contributed by atoms with E-state index in [-0.39, 0.29) is 0 Å². The van der Waals surface area contributed by atoms with Crippen molar-refractivity contribution in [3.05, 3.63) is 163 Å². The van der Waals surface area contributed by atoms with Gasteiger partial charge >= 0.3 is 0 Å². The van der Waals surface area contributed by atoms with E-state index in [1.54, 1.807) is 0 Å². The van der Waals surface area contributed by atoms with Crippen LogP contribution in [0.3, 0.4) is 0 Å². The predicted octanol–water partition coefficient (Wildman–Crippen LogP) is 9.44. The molecule has 7 rings (SSSR count). The Balaban J connectivity index is 1.28. The summed E-state index contributed by atoms with van der Waals surface area (Å²) in [6.45, 7) is 0. The fraction of sp³-hybridized carbons (Fsp3) is 0. The molecule has 1 heterocycles. The van der Waals surface area contributed by atoms with E-state index in [4.69, 9.17) is 10.4 Å². The number of amidine groups is 1. The number of hydrogen-bond donors (Lipinski definition) is 0. The predicted molar refractivity (Wildman–Crippen MR) is 166 cm³/mol. The van der Waals surface area contributed by atoms with Crippen LogP contribution >= 0.6 is 0 Å². The summed E-state index contributed by atoms with van der Waals surface area (Å²) in [5.41, 5.74) is 15.9. The van der Waals surface area contributed by atoms with Crippen molar-refractivity contribution in [3.63, 3.8) is 0 Å². The maximum absolute atomic E-state index is 5.09. The molecule has 40 heavy (non-hydrogen) atoms. The van der Waals surface area contributed by atoms with Crippen molar-refractivity contribution in [1.29, 1.82) is 0 Å². The molecule has 0 aliphatic carbocycles. The molecule has 0 bridgehead atoms. The van der Waals surface area contributed by atoms with Gasteiger partial charge in [-0.2, -0.15) is 0 Å². The number of anilines is 2. The summed E-state index contributed by atoms with van der Waals surface area (Å²) in [5, 5.41) is 2.02. The van der Waals surface area contributed by atoms with Crippen molar-refractivity contribution >= 4 is 22.9 Å². The largest absolute Gasteiger partial charge is 0.229 e. The summed E-state index contributed by atoms with van der Waals surface area (Å²) in [7, 11) is 0. The Kier molecular flexibility index (Phi) is 6.15. The van der Waals surface area contributed by atoms with Gasteiger partial charge in [0.1, 0.15) is 0 Å². The molecule has 189 valence electrons. The zero-order valence-corrected chi connectivity index (χ0v) is 21.9. The van der Waals surface area contributed by atoms with Crippen LogP contribution in [0.15, 0.2) is 163 Å². The Morgan fingerprint density at radius 3 is 1.35 bits per heavy atom. The molecule has 0 amide bonds. The zero-order valence-electron chi connectivity index (χ0n) is 21.9. The molecule has 0 fully saturated rings. The van der Waals surface area contributed by atoms with Gasteiger partial charge < -0.3 is 0 Å². The number of fused-ring (bicyclic) bond motifs is 1. The van der Waals surface area contributed by atoms with Crippen molar-refractivity contribution in [1.82, 2.24) is 5.43 Å². The van der Waals surface area contributed by atoms with Gasteiger partial charge in [0.15, 0.2) is 5.84 Å². The molecule has 6 aromatic carbocycles. The number of aliphatic imine (C=N–C) groups is 1. The van der Waals surface area contributed by atoms with Gasteiger partial charge in [0.25, 0.3) is 0 Å². The number of hydrogen-bond acceptors (Lipinski definition) is 2. The minimum absolute atomic E-state index is 0.687. The van der Waals surface area contributed by atoms with Crippen LogP contribution in [0.25, 0.3) is 33.4 Å². The van der Waals surface area contributed by atoms with E-state index in [2.05, 4.69) is 140 Å². The Hall–Kier alpha value is -5.41. The number of benzene rings is 6. The SMILES string of the molecule is c1ccc(-c2ccc(C3=Nc4ccc(-c5ccccc5)cc4N(c4ccc(-c5ccccc5)cc4)[N]3)cc2)cc1. The first-order valence-corrected chi connectivity index (χ1v) is 13.4. The average molecular weight is 513 g/mol. The molecule has 0 aromatic heterocycles. The molecule has 3 nitrogen and oxygen atoms in total. The minimum atomic E-state index is 0.687. The van der Waals surface area contributed by atoms with Crippen molar-refractivity contribution in [3.8, 4) is 33.4 Å². The Bertz CT molecular complexity index is 1780. The van der Waals surface area contributed by atoms with E-state index in [1.807, 2.05) is 23.2 Å². The number of rotatable bonds is 5. The zero-order chi connectivity index (χ0) is 26.7. The third kappa shape index (κ3) is 4.65. The molecule has 0 saturated carbocycles. The van der Waals surface area contributed by atoms with Gasteiger partial charge in [0, 0.05) is 5.56 Å². The second kappa shape index (κ2) is 10.4. The van der Waals surface area contributed by atoms with Crippen molar-refractivity contribution in [2.24, 2.45) is 4.99 Å². The van der Waals surface area contributed by atoms with E-state index in [0.29, 0.717) is 5.84 Å². The van der Waals surface area contributed by atoms with Crippen LogP contribution < -0.4 is 10.4 Å². The third-order valence-electron chi connectivity index (χ3n) is 7.20. The van der Waals surface area contributed by atoms with Gasteiger partial charge in [-0.1, -0.05) is 133 Å². The molecule has 0 saturated heterocycles. The van der Waals surface area contributed by atoms with E-state index in [0.717, 1.165) is 33.8 Å². The molecule has 0 N–H and O–H groups in total. The van der Waals surface area contributed by atoms with Crippen LogP contribution in [0, 0.1) is 0 Å². The van der Waals surface area contributed by atoms with Crippen molar-refractivity contribution in [2.75, 3.05) is 5.01 Å². The second-order valence-electron chi connectivity index (χ2n) is 9.77. The molecule has 0 atom stereocenters. The van der Waals surface area contributed by atoms with Gasteiger partial charge in [-0.15, -0.1) is 5.43 Å². The lowest BCUT2D eigenvalue weighted by atomic mass is 10.0. The highest BCUT2D eigenvalue weighted by molar-refractivity contribution is 6.05. The van der Waals surface area contributed by atoms with Crippen LogP contribution in [0.2, 0.25) is 0 Å². The van der Waals surface area contributed by atoms with Gasteiger partial charge in [-0.3, -0.25) is 0 Å². The molecular formula is C37H26N3. The maximum atomic E-state index is 5.09. The number of nitrogens with zero attached hydrogens (tertiary/aromatic N) is 3. The van der Waals surface area contributed by atoms with Crippen molar-refractivity contribution < 1.29 is 0 Å². The molecule has 3 heteroatoms. The lowest BCUT2D eigenvalue weighted by molar-refractivity contribution is 0.899. The molecule has 0 spiro atoms. The van der Waals surface area contributed by atoms with Crippen LogP contribution in [-0.2, 0) is 0 Å². The van der Waals surface area contributed by atoms with Crippen molar-refractivity contribution in [2.45, 2.75) is 0 Å². The third-order valence-corrected chi connectivity index (χ3v) is 7.20. The first-order chi connectivity index (χ1) is 19.8. The van der Waals surface area contributed by atoms with Crippen LogP contribution in [-0.4, -0.2) is 5.84 Å². The summed E-state index contributed by atoms with van der Waals surface area (Å²) < 4.78 is 0. The minimum Gasteiger partial charge on any atom is -0.229 e. The Labute approximate surface area is 234 Å². The fourth-order valence-corrected chi connectivity index (χ4v) is 5.07. The van der Waals surface area contributed by atoms with Gasteiger partial charge in [-0.25, -0.2) is 10.0 Å². The normalized spacial score (nSPS) is 12.3. The molecule has 1 aliphatic heterocycles. The van der Waals surface area contributed by atoms with Crippen LogP contribution in [0.1, 0.15) is 5.56 Å². The molecule has 1 aliphatic rings. The average Bonchev–Trinajstić information content (AvgIpc) is 3.05. The van der Waals surface area contributed by atoms with Gasteiger partial charge in [-0.05, 0) is 57.6 Å². The first kappa shape index (κ1) is 23.7. The fourth-order valence-electron chi connectivity index (χ4n) is 5.07. The lowest BCUT2D eigenvalue weighted by Gasteiger charge is -2.29.